The van der Waals surface area contributed by atoms with Gasteiger partial charge in [0.15, 0.2) is 0 Å². The van der Waals surface area contributed by atoms with Gasteiger partial charge >= 0.3 is 0 Å². The molecule has 0 saturated heterocycles. The Hall–Kier alpha value is -2.74. The molecule has 2 aromatic rings. The van der Waals surface area contributed by atoms with Gasteiger partial charge in [0.1, 0.15) is 17.3 Å². The van der Waals surface area contributed by atoms with Gasteiger partial charge in [0.2, 0.25) is 5.91 Å². The van der Waals surface area contributed by atoms with Crippen LogP contribution in [-0.4, -0.2) is 31.8 Å². The molecule has 2 amide bonds. The predicted molar refractivity (Wildman–Crippen MR) is 92.3 cm³/mol. The molecule has 0 radical (unpaired) electrons. The van der Waals surface area contributed by atoms with Crippen molar-refractivity contribution in [3.05, 3.63) is 53.8 Å². The highest BCUT2D eigenvalue weighted by atomic mass is 32.2. The first kappa shape index (κ1) is 18.6. The summed E-state index contributed by atoms with van der Waals surface area (Å²) in [7, 11) is 2.95. The van der Waals surface area contributed by atoms with Crippen LogP contribution in [0.2, 0.25) is 0 Å². The summed E-state index contributed by atoms with van der Waals surface area (Å²) in [6.45, 7) is 0. The third-order valence-electron chi connectivity index (χ3n) is 3.11. The number of ether oxygens (including phenoxy) is 2. The van der Waals surface area contributed by atoms with Crippen molar-refractivity contribution in [2.45, 2.75) is 4.90 Å². The molecule has 0 atom stereocenters. The Bertz CT molecular complexity index is 731. The zero-order chi connectivity index (χ0) is 18.2. The van der Waals surface area contributed by atoms with Gasteiger partial charge in [0, 0.05) is 16.5 Å². The minimum absolute atomic E-state index is 0.0767. The van der Waals surface area contributed by atoms with Crippen LogP contribution in [0.5, 0.6) is 11.5 Å². The molecule has 0 aliphatic rings. The number of halogens is 1. The molecule has 0 bridgehead atoms. The molecule has 0 aliphatic carbocycles. The van der Waals surface area contributed by atoms with Crippen LogP contribution in [-0.2, 0) is 4.79 Å². The Morgan fingerprint density at radius 1 is 1.00 bits per heavy atom. The molecule has 8 heteroatoms. The summed E-state index contributed by atoms with van der Waals surface area (Å²) in [5.74, 6) is -0.233. The number of hydrogen-bond donors (Lipinski definition) is 2. The summed E-state index contributed by atoms with van der Waals surface area (Å²) in [4.78, 5) is 24.7. The molecular weight excluding hydrogens is 347 g/mol. The number of rotatable bonds is 6. The number of methoxy groups -OCH3 is 2. The van der Waals surface area contributed by atoms with Crippen LogP contribution in [0.15, 0.2) is 47.4 Å². The first-order valence-corrected chi connectivity index (χ1v) is 8.21. The van der Waals surface area contributed by atoms with Crippen molar-refractivity contribution < 1.29 is 23.5 Å². The van der Waals surface area contributed by atoms with Gasteiger partial charge in [-0.15, -0.1) is 11.8 Å². The lowest BCUT2D eigenvalue weighted by Crippen LogP contribution is -2.42. The molecule has 2 aromatic carbocycles. The van der Waals surface area contributed by atoms with Gasteiger partial charge in [-0.2, -0.15) is 0 Å². The molecular formula is C17H17FN2O4S. The molecule has 2 N–H and O–H groups in total. The number of nitrogens with one attached hydrogen (secondary N) is 2. The summed E-state index contributed by atoms with van der Waals surface area (Å²) < 4.78 is 23.0. The highest BCUT2D eigenvalue weighted by molar-refractivity contribution is 8.00. The van der Waals surface area contributed by atoms with Crippen LogP contribution < -0.4 is 20.3 Å². The van der Waals surface area contributed by atoms with Gasteiger partial charge < -0.3 is 9.47 Å². The van der Waals surface area contributed by atoms with E-state index < -0.39 is 11.8 Å². The molecule has 132 valence electrons. The zero-order valence-corrected chi connectivity index (χ0v) is 14.5. The van der Waals surface area contributed by atoms with Crippen molar-refractivity contribution in [1.82, 2.24) is 10.9 Å². The minimum Gasteiger partial charge on any atom is -0.497 e. The molecule has 0 aliphatic heterocycles. The Morgan fingerprint density at radius 2 is 1.60 bits per heavy atom. The Morgan fingerprint density at radius 3 is 2.16 bits per heavy atom. The minimum atomic E-state index is -0.502. The SMILES string of the molecule is COc1cc(OC)cc(C(=O)NNC(=O)CSc2ccc(F)cc2)c1. The first-order valence-electron chi connectivity index (χ1n) is 7.22. The Kier molecular flexibility index (Phi) is 6.64. The lowest BCUT2D eigenvalue weighted by molar-refractivity contribution is -0.119. The van der Waals surface area contributed by atoms with Crippen molar-refractivity contribution in [2.24, 2.45) is 0 Å². The van der Waals surface area contributed by atoms with Gasteiger partial charge in [0.05, 0.1) is 20.0 Å². The monoisotopic (exact) mass is 364 g/mol. The van der Waals surface area contributed by atoms with E-state index in [1.807, 2.05) is 0 Å². The van der Waals surface area contributed by atoms with E-state index in [1.165, 1.54) is 50.2 Å². The fourth-order valence-corrected chi connectivity index (χ4v) is 2.55. The van der Waals surface area contributed by atoms with Crippen LogP contribution in [0.1, 0.15) is 10.4 Å². The van der Waals surface area contributed by atoms with E-state index in [4.69, 9.17) is 9.47 Å². The highest BCUT2D eigenvalue weighted by Crippen LogP contribution is 2.22. The third-order valence-corrected chi connectivity index (χ3v) is 4.12. The highest BCUT2D eigenvalue weighted by Gasteiger charge is 2.11. The number of amides is 2. The molecule has 2 rings (SSSR count). The predicted octanol–water partition coefficient (Wildman–Crippen LogP) is 2.40. The smallest absolute Gasteiger partial charge is 0.269 e. The second-order valence-electron chi connectivity index (χ2n) is 4.85. The summed E-state index contributed by atoms with van der Waals surface area (Å²) in [6, 6.07) is 10.5. The first-order chi connectivity index (χ1) is 12.0. The van der Waals surface area contributed by atoms with E-state index in [9.17, 15) is 14.0 Å². The zero-order valence-electron chi connectivity index (χ0n) is 13.7. The number of hydrogen-bond acceptors (Lipinski definition) is 5. The second-order valence-corrected chi connectivity index (χ2v) is 5.89. The van der Waals surface area contributed by atoms with Crippen LogP contribution in [0.3, 0.4) is 0 Å². The summed E-state index contributed by atoms with van der Waals surface area (Å²) in [6.07, 6.45) is 0. The normalized spacial score (nSPS) is 10.0. The Balaban J connectivity index is 1.86. The fraction of sp³-hybridized carbons (Fsp3) is 0.176. The van der Waals surface area contributed by atoms with Gasteiger partial charge in [-0.3, -0.25) is 20.4 Å². The van der Waals surface area contributed by atoms with Gasteiger partial charge in [-0.25, -0.2) is 4.39 Å². The van der Waals surface area contributed by atoms with Crippen LogP contribution in [0.25, 0.3) is 0 Å². The lowest BCUT2D eigenvalue weighted by atomic mass is 10.2. The van der Waals surface area contributed by atoms with Crippen molar-refractivity contribution in [2.75, 3.05) is 20.0 Å². The van der Waals surface area contributed by atoms with E-state index in [1.54, 1.807) is 18.2 Å². The molecule has 0 fully saturated rings. The quantitative estimate of drug-likeness (QED) is 0.608. The topological polar surface area (TPSA) is 76.7 Å². The second kappa shape index (κ2) is 8.93. The average Bonchev–Trinajstić information content (AvgIpc) is 2.65. The number of hydrazine groups is 1. The van der Waals surface area contributed by atoms with E-state index in [2.05, 4.69) is 10.9 Å². The summed E-state index contributed by atoms with van der Waals surface area (Å²) in [5, 5.41) is 0. The van der Waals surface area contributed by atoms with E-state index in [-0.39, 0.29) is 17.1 Å². The van der Waals surface area contributed by atoms with Crippen molar-refractivity contribution in [3.63, 3.8) is 0 Å². The molecule has 6 nitrogen and oxygen atoms in total. The van der Waals surface area contributed by atoms with Crippen molar-refractivity contribution in [1.29, 1.82) is 0 Å². The van der Waals surface area contributed by atoms with Crippen molar-refractivity contribution >= 4 is 23.6 Å². The molecule has 25 heavy (non-hydrogen) atoms. The number of thioether (sulfide) groups is 1. The van der Waals surface area contributed by atoms with Crippen LogP contribution >= 0.6 is 11.8 Å². The van der Waals surface area contributed by atoms with Gasteiger partial charge in [0.25, 0.3) is 5.91 Å². The standard InChI is InChI=1S/C17H17FN2O4S/c1-23-13-7-11(8-14(9-13)24-2)17(22)20-19-16(21)10-25-15-5-3-12(18)4-6-15/h3-9H,10H2,1-2H3,(H,19,21)(H,20,22). The molecule has 0 spiro atoms. The van der Waals surface area contributed by atoms with Crippen molar-refractivity contribution in [3.8, 4) is 11.5 Å². The third kappa shape index (κ3) is 5.68. The van der Waals surface area contributed by atoms with E-state index in [0.717, 1.165) is 4.90 Å². The molecule has 0 saturated carbocycles. The van der Waals surface area contributed by atoms with E-state index in [0.29, 0.717) is 11.5 Å². The lowest BCUT2D eigenvalue weighted by Gasteiger charge is -2.10. The molecule has 0 heterocycles. The van der Waals surface area contributed by atoms with Crippen LogP contribution in [0, 0.1) is 5.82 Å². The van der Waals surface area contributed by atoms with Crippen LogP contribution in [0.4, 0.5) is 4.39 Å². The number of benzene rings is 2. The summed E-state index contributed by atoms with van der Waals surface area (Å²) in [5.41, 5.74) is 4.93. The van der Waals surface area contributed by atoms with Gasteiger partial charge in [-0.05, 0) is 36.4 Å². The maximum Gasteiger partial charge on any atom is 0.269 e. The maximum atomic E-state index is 12.8. The summed E-state index contributed by atoms with van der Waals surface area (Å²) >= 11 is 1.23. The molecule has 0 aromatic heterocycles. The average molecular weight is 364 g/mol. The number of carbonyl (C=O) groups excluding carboxylic acids is 2. The van der Waals surface area contributed by atoms with Gasteiger partial charge in [-0.1, -0.05) is 0 Å². The Labute approximate surface area is 148 Å². The van der Waals surface area contributed by atoms with E-state index >= 15 is 0 Å². The number of carbonyl (C=O) groups is 2. The largest absolute Gasteiger partial charge is 0.497 e. The maximum absolute atomic E-state index is 12.8. The molecule has 0 unspecified atom stereocenters. The fourth-order valence-electron chi connectivity index (χ4n) is 1.85.